The molecule has 28 heavy (non-hydrogen) atoms. The number of rotatable bonds is 4. The Morgan fingerprint density at radius 3 is 2.18 bits per heavy atom. The van der Waals surface area contributed by atoms with Crippen LogP contribution in [-0.4, -0.2) is 11.8 Å². The fourth-order valence-corrected chi connectivity index (χ4v) is 2.95. The first-order chi connectivity index (χ1) is 13.6. The van der Waals surface area contributed by atoms with Gasteiger partial charge in [0.2, 0.25) is 5.76 Å². The maximum absolute atomic E-state index is 12.8. The molecular formula is C22H15ClN2O3. The number of benzene rings is 3. The summed E-state index contributed by atoms with van der Waals surface area (Å²) in [6, 6.07) is 22.7. The van der Waals surface area contributed by atoms with E-state index in [4.69, 9.17) is 16.0 Å². The van der Waals surface area contributed by atoms with E-state index >= 15 is 0 Å². The molecule has 0 aliphatic rings. The fraction of sp³-hybridized carbons (Fsp3) is 0. The lowest BCUT2D eigenvalue weighted by molar-refractivity contribution is 0.0999. The van der Waals surface area contributed by atoms with Crippen LogP contribution >= 0.6 is 11.6 Å². The monoisotopic (exact) mass is 390 g/mol. The van der Waals surface area contributed by atoms with Crippen molar-refractivity contribution in [2.24, 2.45) is 0 Å². The van der Waals surface area contributed by atoms with Crippen LogP contribution in [0.1, 0.15) is 20.9 Å². The van der Waals surface area contributed by atoms with Crippen LogP contribution in [0.15, 0.2) is 83.3 Å². The van der Waals surface area contributed by atoms with E-state index in [1.807, 2.05) is 24.3 Å². The van der Waals surface area contributed by atoms with Crippen molar-refractivity contribution in [3.63, 3.8) is 0 Å². The summed E-state index contributed by atoms with van der Waals surface area (Å²) in [7, 11) is 0. The minimum atomic E-state index is -0.450. The summed E-state index contributed by atoms with van der Waals surface area (Å²) in [5.74, 6) is -0.779. The molecule has 0 unspecified atom stereocenters. The first-order valence-corrected chi connectivity index (χ1v) is 8.94. The number of hydrogen-bond acceptors (Lipinski definition) is 3. The molecule has 0 saturated carbocycles. The summed E-state index contributed by atoms with van der Waals surface area (Å²) in [5.41, 5.74) is 1.88. The Bertz CT molecular complexity index is 1150. The Morgan fingerprint density at radius 1 is 0.750 bits per heavy atom. The molecule has 5 nitrogen and oxygen atoms in total. The van der Waals surface area contributed by atoms with Crippen LogP contribution in [0.5, 0.6) is 0 Å². The van der Waals surface area contributed by atoms with Crippen LogP contribution in [0.25, 0.3) is 11.0 Å². The van der Waals surface area contributed by atoms with Gasteiger partial charge in [0.1, 0.15) is 11.3 Å². The molecule has 138 valence electrons. The third kappa shape index (κ3) is 3.61. The average Bonchev–Trinajstić information content (AvgIpc) is 3.08. The summed E-state index contributed by atoms with van der Waals surface area (Å²) < 4.78 is 5.74. The Morgan fingerprint density at radius 2 is 1.43 bits per heavy atom. The normalized spacial score (nSPS) is 10.6. The van der Waals surface area contributed by atoms with Crippen LogP contribution in [0, 0.1) is 0 Å². The Kier molecular flexibility index (Phi) is 4.83. The van der Waals surface area contributed by atoms with Crippen molar-refractivity contribution in [3.8, 4) is 0 Å². The van der Waals surface area contributed by atoms with Gasteiger partial charge in [0.05, 0.1) is 0 Å². The number of nitrogens with one attached hydrogen (secondary N) is 2. The fourth-order valence-electron chi connectivity index (χ4n) is 2.83. The van der Waals surface area contributed by atoms with E-state index < -0.39 is 5.91 Å². The van der Waals surface area contributed by atoms with E-state index in [0.717, 1.165) is 0 Å². The van der Waals surface area contributed by atoms with Crippen molar-refractivity contribution >= 4 is 45.8 Å². The maximum Gasteiger partial charge on any atom is 0.293 e. The van der Waals surface area contributed by atoms with Gasteiger partial charge in [-0.15, -0.1) is 0 Å². The van der Waals surface area contributed by atoms with Gasteiger partial charge < -0.3 is 15.1 Å². The molecule has 0 bridgehead atoms. The predicted octanol–water partition coefficient (Wildman–Crippen LogP) is 5.59. The van der Waals surface area contributed by atoms with Crippen LogP contribution in [0.3, 0.4) is 0 Å². The standard InChI is InChI=1S/C22H15ClN2O3/c23-15-12-10-14(11-13-15)21(26)25-19-17-8-4-5-9-18(17)28-20(19)22(27)24-16-6-2-1-3-7-16/h1-13H,(H,24,27)(H,25,26). The van der Waals surface area contributed by atoms with Crippen LogP contribution in [-0.2, 0) is 0 Å². The average molecular weight is 391 g/mol. The lowest BCUT2D eigenvalue weighted by Gasteiger charge is -2.07. The topological polar surface area (TPSA) is 71.3 Å². The van der Waals surface area contributed by atoms with Crippen molar-refractivity contribution in [3.05, 3.63) is 95.2 Å². The first kappa shape index (κ1) is 17.8. The highest BCUT2D eigenvalue weighted by atomic mass is 35.5. The van der Waals surface area contributed by atoms with Gasteiger partial charge in [-0.1, -0.05) is 41.9 Å². The lowest BCUT2D eigenvalue weighted by atomic mass is 10.1. The SMILES string of the molecule is O=C(Nc1c(C(=O)Nc2ccccc2)oc2ccccc12)c1ccc(Cl)cc1. The molecule has 0 atom stereocenters. The summed E-state index contributed by atoms with van der Waals surface area (Å²) in [6.45, 7) is 0. The smallest absolute Gasteiger partial charge is 0.293 e. The number of para-hydroxylation sites is 2. The quantitative estimate of drug-likeness (QED) is 0.477. The molecular weight excluding hydrogens is 376 g/mol. The van der Waals surface area contributed by atoms with Crippen LogP contribution in [0.2, 0.25) is 5.02 Å². The Hall–Kier alpha value is -3.57. The zero-order valence-electron chi connectivity index (χ0n) is 14.6. The zero-order chi connectivity index (χ0) is 19.5. The summed E-state index contributed by atoms with van der Waals surface area (Å²) in [5, 5.41) is 6.76. The molecule has 4 rings (SSSR count). The third-order valence-corrected chi connectivity index (χ3v) is 4.43. The highest BCUT2D eigenvalue weighted by molar-refractivity contribution is 6.30. The van der Waals surface area contributed by atoms with Crippen molar-refractivity contribution in [1.82, 2.24) is 0 Å². The summed E-state index contributed by atoms with van der Waals surface area (Å²) in [4.78, 5) is 25.5. The molecule has 3 aromatic carbocycles. The second-order valence-corrected chi connectivity index (χ2v) is 6.52. The van der Waals surface area contributed by atoms with E-state index in [2.05, 4.69) is 10.6 Å². The van der Waals surface area contributed by atoms with Crippen molar-refractivity contribution in [1.29, 1.82) is 0 Å². The Labute approximate surface area is 165 Å². The maximum atomic E-state index is 12.8. The number of halogens is 1. The van der Waals surface area contributed by atoms with Gasteiger partial charge in [-0.05, 0) is 48.5 Å². The minimum absolute atomic E-state index is 0.0346. The molecule has 0 radical (unpaired) electrons. The second kappa shape index (κ2) is 7.58. The summed E-state index contributed by atoms with van der Waals surface area (Å²) in [6.07, 6.45) is 0. The highest BCUT2D eigenvalue weighted by Gasteiger charge is 2.22. The predicted molar refractivity (Wildman–Crippen MR) is 110 cm³/mol. The number of fused-ring (bicyclic) bond motifs is 1. The minimum Gasteiger partial charge on any atom is -0.449 e. The zero-order valence-corrected chi connectivity index (χ0v) is 15.4. The van der Waals surface area contributed by atoms with E-state index in [-0.39, 0.29) is 11.7 Å². The van der Waals surface area contributed by atoms with Gasteiger partial charge in [0.25, 0.3) is 11.8 Å². The summed E-state index contributed by atoms with van der Waals surface area (Å²) >= 11 is 5.88. The van der Waals surface area contributed by atoms with Gasteiger partial charge in [-0.25, -0.2) is 0 Å². The number of carbonyl (C=O) groups is 2. The van der Waals surface area contributed by atoms with Gasteiger partial charge in [-0.3, -0.25) is 9.59 Å². The third-order valence-electron chi connectivity index (χ3n) is 4.18. The van der Waals surface area contributed by atoms with E-state index in [9.17, 15) is 9.59 Å². The Balaban J connectivity index is 1.70. The molecule has 1 aromatic heterocycles. The molecule has 1 heterocycles. The molecule has 0 aliphatic heterocycles. The highest BCUT2D eigenvalue weighted by Crippen LogP contribution is 2.32. The van der Waals surface area contributed by atoms with Gasteiger partial charge in [0, 0.05) is 21.7 Å². The van der Waals surface area contributed by atoms with Gasteiger partial charge >= 0.3 is 0 Å². The van der Waals surface area contributed by atoms with Crippen molar-refractivity contribution < 1.29 is 14.0 Å². The molecule has 2 amide bonds. The number of carbonyl (C=O) groups excluding carboxylic acids is 2. The van der Waals surface area contributed by atoms with Crippen LogP contribution < -0.4 is 10.6 Å². The molecule has 6 heteroatoms. The van der Waals surface area contributed by atoms with Crippen molar-refractivity contribution in [2.75, 3.05) is 10.6 Å². The number of furan rings is 1. The molecule has 0 spiro atoms. The van der Waals surface area contributed by atoms with E-state index in [1.54, 1.807) is 54.6 Å². The molecule has 4 aromatic rings. The number of amides is 2. The van der Waals surface area contributed by atoms with Crippen molar-refractivity contribution in [2.45, 2.75) is 0 Å². The van der Waals surface area contributed by atoms with Gasteiger partial charge in [0.15, 0.2) is 0 Å². The van der Waals surface area contributed by atoms with Gasteiger partial charge in [-0.2, -0.15) is 0 Å². The largest absolute Gasteiger partial charge is 0.449 e. The van der Waals surface area contributed by atoms with E-state index in [1.165, 1.54) is 0 Å². The molecule has 2 N–H and O–H groups in total. The first-order valence-electron chi connectivity index (χ1n) is 8.56. The number of hydrogen-bond donors (Lipinski definition) is 2. The molecule has 0 fully saturated rings. The van der Waals surface area contributed by atoms with Crippen LogP contribution in [0.4, 0.5) is 11.4 Å². The molecule has 0 saturated heterocycles. The van der Waals surface area contributed by atoms with E-state index in [0.29, 0.717) is 32.9 Å². The number of anilines is 2. The lowest BCUT2D eigenvalue weighted by Crippen LogP contribution is -2.17. The second-order valence-electron chi connectivity index (χ2n) is 6.08. The molecule has 0 aliphatic carbocycles.